The number of hydrogen-bond donors (Lipinski definition) is 0. The Kier molecular flexibility index (Phi) is 4.16. The van der Waals surface area contributed by atoms with Gasteiger partial charge >= 0.3 is 6.18 Å². The van der Waals surface area contributed by atoms with Gasteiger partial charge in [-0.05, 0) is 31.6 Å². The van der Waals surface area contributed by atoms with Crippen molar-refractivity contribution in [3.05, 3.63) is 24.5 Å². The van der Waals surface area contributed by atoms with Crippen LogP contribution in [0.15, 0.2) is 18.9 Å². The number of amides is 1. The highest BCUT2D eigenvalue weighted by atomic mass is 19.4. The molecule has 5 nitrogen and oxygen atoms in total. The minimum absolute atomic E-state index is 0.113. The van der Waals surface area contributed by atoms with E-state index in [1.807, 2.05) is 0 Å². The molecule has 2 fully saturated rings. The van der Waals surface area contributed by atoms with Gasteiger partial charge in [0.15, 0.2) is 5.69 Å². The first-order valence-electron chi connectivity index (χ1n) is 7.78. The number of rotatable bonds is 4. The van der Waals surface area contributed by atoms with Gasteiger partial charge in [0.25, 0.3) is 5.91 Å². The fourth-order valence-electron chi connectivity index (χ4n) is 3.87. The van der Waals surface area contributed by atoms with Gasteiger partial charge in [0, 0.05) is 18.5 Å². The van der Waals surface area contributed by atoms with E-state index in [0.717, 1.165) is 12.8 Å². The topological polar surface area (TPSA) is 51.0 Å². The molecule has 2 atom stereocenters. The lowest BCUT2D eigenvalue weighted by atomic mass is 9.88. The Hall–Kier alpha value is -1.86. The maximum Gasteiger partial charge on any atom is 0.389 e. The molecule has 2 aliphatic rings. The molecule has 126 valence electrons. The molecule has 1 amide bonds. The Morgan fingerprint density at radius 2 is 2.00 bits per heavy atom. The monoisotopic (exact) mass is 328 g/mol. The molecule has 2 saturated heterocycles. The molecule has 3 heterocycles. The van der Waals surface area contributed by atoms with Crippen molar-refractivity contribution >= 4 is 5.91 Å². The molecule has 1 aromatic rings. The molecule has 2 bridgehead atoms. The normalized spacial score (nSPS) is 27.3. The number of nitrogens with zero attached hydrogens (tertiary/aromatic N) is 4. The minimum atomic E-state index is -4.14. The summed E-state index contributed by atoms with van der Waals surface area (Å²) >= 11 is 0. The predicted molar refractivity (Wildman–Crippen MR) is 76.6 cm³/mol. The van der Waals surface area contributed by atoms with E-state index in [4.69, 9.17) is 0 Å². The van der Waals surface area contributed by atoms with Crippen molar-refractivity contribution in [2.45, 2.75) is 56.9 Å². The maximum absolute atomic E-state index is 12.6. The number of allylic oxidation sites excluding steroid dienone is 1. The molecular formula is C15H19F3N4O. The molecule has 0 N–H and O–H groups in total. The summed E-state index contributed by atoms with van der Waals surface area (Å²) in [6.45, 7) is 4.05. The van der Waals surface area contributed by atoms with Crippen molar-refractivity contribution in [2.75, 3.05) is 0 Å². The van der Waals surface area contributed by atoms with Crippen LogP contribution in [0.3, 0.4) is 0 Å². The van der Waals surface area contributed by atoms with Crippen molar-refractivity contribution < 1.29 is 18.0 Å². The third kappa shape index (κ3) is 3.40. The van der Waals surface area contributed by atoms with E-state index in [1.165, 1.54) is 4.68 Å². The molecular weight excluding hydrogens is 309 g/mol. The third-order valence-corrected chi connectivity index (χ3v) is 4.66. The zero-order valence-corrected chi connectivity index (χ0v) is 12.7. The van der Waals surface area contributed by atoms with Crippen LogP contribution in [0, 0.1) is 5.92 Å². The summed E-state index contributed by atoms with van der Waals surface area (Å²) in [6, 6.07) is -0.226. The predicted octanol–water partition coefficient (Wildman–Crippen LogP) is 2.80. The van der Waals surface area contributed by atoms with E-state index in [9.17, 15) is 18.0 Å². The lowest BCUT2D eigenvalue weighted by molar-refractivity contribution is -0.148. The smallest absolute Gasteiger partial charge is 0.331 e. The number of carbonyl (C=O) groups excluding carboxylic acids is 1. The largest absolute Gasteiger partial charge is 0.389 e. The molecule has 0 radical (unpaired) electrons. The van der Waals surface area contributed by atoms with Gasteiger partial charge < -0.3 is 4.90 Å². The second-order valence-corrected chi connectivity index (χ2v) is 6.37. The highest BCUT2D eigenvalue weighted by Gasteiger charge is 2.46. The highest BCUT2D eigenvalue weighted by molar-refractivity contribution is 5.92. The maximum atomic E-state index is 12.6. The number of fused-ring (bicyclic) bond motifs is 2. The van der Waals surface area contributed by atoms with Crippen LogP contribution in [0.1, 0.15) is 42.6 Å². The van der Waals surface area contributed by atoms with Crippen LogP contribution in [0.25, 0.3) is 0 Å². The second-order valence-electron chi connectivity index (χ2n) is 6.37. The quantitative estimate of drug-likeness (QED) is 0.799. The molecule has 23 heavy (non-hydrogen) atoms. The Labute approximate surface area is 132 Å². The molecule has 0 aromatic carbocycles. The number of halogens is 3. The number of hydrogen-bond acceptors (Lipinski definition) is 3. The SMILES string of the molecule is C=CCn1cc(C(=O)N2C3CCC2CC(CC(F)(F)F)C3)nn1. The van der Waals surface area contributed by atoms with E-state index < -0.39 is 12.6 Å². The summed E-state index contributed by atoms with van der Waals surface area (Å²) in [7, 11) is 0. The average molecular weight is 328 g/mol. The van der Waals surface area contributed by atoms with E-state index in [1.54, 1.807) is 17.2 Å². The van der Waals surface area contributed by atoms with Gasteiger partial charge in [-0.2, -0.15) is 13.2 Å². The zero-order chi connectivity index (χ0) is 16.6. The van der Waals surface area contributed by atoms with Crippen LogP contribution in [0.4, 0.5) is 13.2 Å². The van der Waals surface area contributed by atoms with Crippen LogP contribution in [0.2, 0.25) is 0 Å². The van der Waals surface area contributed by atoms with Crippen LogP contribution in [-0.4, -0.2) is 44.1 Å². The molecule has 3 rings (SSSR count). The van der Waals surface area contributed by atoms with Crippen molar-refractivity contribution in [3.8, 4) is 0 Å². The van der Waals surface area contributed by atoms with Crippen LogP contribution < -0.4 is 0 Å². The summed E-state index contributed by atoms with van der Waals surface area (Å²) in [5.74, 6) is -0.605. The summed E-state index contributed by atoms with van der Waals surface area (Å²) in [6.07, 6.45) is 0.698. The highest BCUT2D eigenvalue weighted by Crippen LogP contribution is 2.43. The van der Waals surface area contributed by atoms with Gasteiger partial charge in [-0.25, -0.2) is 4.68 Å². The van der Waals surface area contributed by atoms with Gasteiger partial charge in [0.05, 0.1) is 12.7 Å². The molecule has 8 heteroatoms. The van der Waals surface area contributed by atoms with E-state index >= 15 is 0 Å². The standard InChI is InChI=1S/C15H19F3N4O/c1-2-5-21-9-13(19-20-21)14(23)22-11-3-4-12(22)7-10(6-11)8-15(16,17)18/h2,9-12H,1,3-8H2. The summed E-state index contributed by atoms with van der Waals surface area (Å²) in [5.41, 5.74) is 0.248. The van der Waals surface area contributed by atoms with Crippen molar-refractivity contribution in [2.24, 2.45) is 5.92 Å². The second kappa shape index (κ2) is 5.98. The van der Waals surface area contributed by atoms with Crippen molar-refractivity contribution in [3.63, 3.8) is 0 Å². The van der Waals surface area contributed by atoms with Crippen molar-refractivity contribution in [1.29, 1.82) is 0 Å². The van der Waals surface area contributed by atoms with E-state index in [0.29, 0.717) is 19.4 Å². The molecule has 1 aromatic heterocycles. The van der Waals surface area contributed by atoms with Crippen LogP contribution in [0.5, 0.6) is 0 Å². The summed E-state index contributed by atoms with van der Waals surface area (Å²) in [5, 5.41) is 7.73. The summed E-state index contributed by atoms with van der Waals surface area (Å²) < 4.78 is 39.3. The minimum Gasteiger partial charge on any atom is -0.331 e. The fraction of sp³-hybridized carbons (Fsp3) is 0.667. The Morgan fingerprint density at radius 3 is 2.57 bits per heavy atom. The number of alkyl halides is 3. The lowest BCUT2D eigenvalue weighted by Gasteiger charge is -2.38. The fourth-order valence-corrected chi connectivity index (χ4v) is 3.87. The third-order valence-electron chi connectivity index (χ3n) is 4.66. The van der Waals surface area contributed by atoms with Gasteiger partial charge in [-0.3, -0.25) is 4.79 Å². The first-order valence-corrected chi connectivity index (χ1v) is 7.78. The van der Waals surface area contributed by atoms with E-state index in [-0.39, 0.29) is 29.6 Å². The van der Waals surface area contributed by atoms with Crippen LogP contribution in [-0.2, 0) is 6.54 Å². The zero-order valence-electron chi connectivity index (χ0n) is 12.7. The Morgan fingerprint density at radius 1 is 1.35 bits per heavy atom. The molecule has 2 unspecified atom stereocenters. The lowest BCUT2D eigenvalue weighted by Crippen LogP contribution is -2.47. The number of aromatic nitrogens is 3. The first-order chi connectivity index (χ1) is 10.9. The number of carbonyl (C=O) groups is 1. The van der Waals surface area contributed by atoms with Gasteiger partial charge in [-0.15, -0.1) is 11.7 Å². The molecule has 2 aliphatic heterocycles. The van der Waals surface area contributed by atoms with E-state index in [2.05, 4.69) is 16.9 Å². The molecule has 0 spiro atoms. The number of piperidine rings is 1. The van der Waals surface area contributed by atoms with Gasteiger partial charge in [-0.1, -0.05) is 11.3 Å². The Bertz CT molecular complexity index is 584. The van der Waals surface area contributed by atoms with Crippen molar-refractivity contribution in [1.82, 2.24) is 19.9 Å². The Balaban J connectivity index is 1.69. The molecule has 0 saturated carbocycles. The summed E-state index contributed by atoms with van der Waals surface area (Å²) in [4.78, 5) is 14.4. The van der Waals surface area contributed by atoms with Crippen LogP contribution >= 0.6 is 0 Å². The average Bonchev–Trinajstić information content (AvgIpc) is 3.00. The van der Waals surface area contributed by atoms with Gasteiger partial charge in [0.2, 0.25) is 0 Å². The van der Waals surface area contributed by atoms with Gasteiger partial charge in [0.1, 0.15) is 0 Å². The molecule has 0 aliphatic carbocycles. The first kappa shape index (κ1) is 16.0.